The summed E-state index contributed by atoms with van der Waals surface area (Å²) >= 11 is 0. The summed E-state index contributed by atoms with van der Waals surface area (Å²) in [6.07, 6.45) is 5.83. The molecule has 0 bridgehead atoms. The topological polar surface area (TPSA) is 18.5 Å². The number of hydrogen-bond donors (Lipinski definition) is 0. The van der Waals surface area contributed by atoms with Crippen molar-refractivity contribution in [2.45, 2.75) is 13.3 Å². The van der Waals surface area contributed by atoms with Crippen LogP contribution in [-0.4, -0.2) is 13.2 Å². The second-order valence-corrected chi connectivity index (χ2v) is 8.31. The molecule has 0 amide bonds. The summed E-state index contributed by atoms with van der Waals surface area (Å²) in [5, 5.41) is 0. The molecule has 0 aliphatic rings. The van der Waals surface area contributed by atoms with Gasteiger partial charge in [-0.25, -0.2) is 13.2 Å². The Hall–Kier alpha value is -4.25. The Kier molecular flexibility index (Phi) is 8.47. The van der Waals surface area contributed by atoms with E-state index in [0.717, 1.165) is 5.56 Å². The molecule has 0 fully saturated rings. The lowest BCUT2D eigenvalue weighted by molar-refractivity contribution is 0.323. The highest BCUT2D eigenvalue weighted by Gasteiger charge is 2.16. The molecule has 0 aliphatic carbocycles. The first-order valence-electron chi connectivity index (χ1n) is 12.0. The van der Waals surface area contributed by atoms with Crippen molar-refractivity contribution in [2.75, 3.05) is 13.2 Å². The first-order chi connectivity index (χ1) is 18.0. The van der Waals surface area contributed by atoms with Crippen molar-refractivity contribution in [2.24, 2.45) is 0 Å². The zero-order valence-corrected chi connectivity index (χ0v) is 20.5. The van der Waals surface area contributed by atoms with Crippen LogP contribution in [0.3, 0.4) is 0 Å². The van der Waals surface area contributed by atoms with E-state index in [4.69, 9.17) is 9.47 Å². The van der Waals surface area contributed by atoms with Crippen molar-refractivity contribution in [3.8, 4) is 33.8 Å². The Morgan fingerprint density at radius 3 is 1.86 bits per heavy atom. The highest BCUT2D eigenvalue weighted by Crippen LogP contribution is 2.32. The minimum Gasteiger partial charge on any atom is -0.494 e. The monoisotopic (exact) mass is 500 g/mol. The second kappa shape index (κ2) is 12.1. The molecule has 0 unspecified atom stereocenters. The summed E-state index contributed by atoms with van der Waals surface area (Å²) in [6.45, 7) is 6.48. The summed E-state index contributed by atoms with van der Waals surface area (Å²) in [5.41, 5.74) is 2.66. The van der Waals surface area contributed by atoms with Crippen LogP contribution in [0.1, 0.15) is 24.5 Å². The van der Waals surface area contributed by atoms with Crippen LogP contribution in [0.2, 0.25) is 0 Å². The van der Waals surface area contributed by atoms with E-state index in [1.54, 1.807) is 91.0 Å². The van der Waals surface area contributed by atoms with Crippen LogP contribution in [0, 0.1) is 17.5 Å². The summed E-state index contributed by atoms with van der Waals surface area (Å²) in [5.74, 6) is -1.08. The van der Waals surface area contributed by atoms with Gasteiger partial charge in [-0.15, -0.1) is 6.58 Å². The minimum atomic E-state index is -0.910. The molecular formula is C32H27F3O2. The predicted octanol–water partition coefficient (Wildman–Crippen LogP) is 8.96. The van der Waals surface area contributed by atoms with E-state index < -0.39 is 17.5 Å². The molecule has 0 radical (unpaired) electrons. The number of halogens is 3. The maximum absolute atomic E-state index is 15.0. The molecular weight excluding hydrogens is 473 g/mol. The lowest BCUT2D eigenvalue weighted by Gasteiger charge is -2.10. The van der Waals surface area contributed by atoms with Crippen molar-refractivity contribution < 1.29 is 22.6 Å². The molecule has 0 aliphatic heterocycles. The maximum atomic E-state index is 15.0. The molecule has 4 aromatic carbocycles. The molecule has 0 heterocycles. The number of ether oxygens (including phenoxy) is 2. The molecule has 0 saturated heterocycles. The summed E-state index contributed by atoms with van der Waals surface area (Å²) in [7, 11) is 0. The molecule has 0 N–H and O–H groups in total. The molecule has 37 heavy (non-hydrogen) atoms. The van der Waals surface area contributed by atoms with Gasteiger partial charge in [-0.2, -0.15) is 0 Å². The van der Waals surface area contributed by atoms with Crippen LogP contribution < -0.4 is 9.47 Å². The molecule has 5 heteroatoms. The smallest absolute Gasteiger partial charge is 0.167 e. The molecule has 4 rings (SSSR count). The molecule has 2 nitrogen and oxygen atoms in total. The summed E-state index contributed by atoms with van der Waals surface area (Å²) in [4.78, 5) is 0. The third kappa shape index (κ3) is 6.31. The fourth-order valence-electron chi connectivity index (χ4n) is 3.85. The lowest BCUT2D eigenvalue weighted by atomic mass is 9.98. The molecule has 0 atom stereocenters. The van der Waals surface area contributed by atoms with Gasteiger partial charge in [0.25, 0.3) is 0 Å². The predicted molar refractivity (Wildman–Crippen MR) is 144 cm³/mol. The molecule has 0 spiro atoms. The Labute approximate surface area is 215 Å². The van der Waals surface area contributed by atoms with Crippen molar-refractivity contribution >= 4 is 12.2 Å². The second-order valence-electron chi connectivity index (χ2n) is 8.31. The lowest BCUT2D eigenvalue weighted by Crippen LogP contribution is -1.96. The van der Waals surface area contributed by atoms with Gasteiger partial charge in [0.2, 0.25) is 0 Å². The van der Waals surface area contributed by atoms with Gasteiger partial charge in [0.05, 0.1) is 13.2 Å². The van der Waals surface area contributed by atoms with Crippen molar-refractivity contribution in [1.82, 2.24) is 0 Å². The normalized spacial score (nSPS) is 11.0. The fraction of sp³-hybridized carbons (Fsp3) is 0.125. The first kappa shape index (κ1) is 25.8. The Morgan fingerprint density at radius 1 is 0.703 bits per heavy atom. The average molecular weight is 501 g/mol. The van der Waals surface area contributed by atoms with Gasteiger partial charge in [-0.1, -0.05) is 66.8 Å². The number of hydrogen-bond acceptors (Lipinski definition) is 2. The van der Waals surface area contributed by atoms with E-state index >= 15 is 4.39 Å². The zero-order valence-electron chi connectivity index (χ0n) is 20.5. The minimum absolute atomic E-state index is 0.167. The van der Waals surface area contributed by atoms with Gasteiger partial charge >= 0.3 is 0 Å². The van der Waals surface area contributed by atoms with E-state index in [1.807, 2.05) is 6.92 Å². The van der Waals surface area contributed by atoms with Gasteiger partial charge < -0.3 is 9.47 Å². The number of benzene rings is 4. The third-order valence-electron chi connectivity index (χ3n) is 5.80. The van der Waals surface area contributed by atoms with Crippen molar-refractivity contribution in [3.05, 3.63) is 120 Å². The SMILES string of the molecule is C=CCCOc1ccc(/C=C/c2ccc(-c3ccc(-c4ccc(OCC)cc4)c(F)c3F)cc2)c(F)c1. The van der Waals surface area contributed by atoms with E-state index in [-0.39, 0.29) is 11.1 Å². The van der Waals surface area contributed by atoms with Crippen molar-refractivity contribution in [3.63, 3.8) is 0 Å². The van der Waals surface area contributed by atoms with Crippen LogP contribution >= 0.6 is 0 Å². The molecule has 0 saturated carbocycles. The fourth-order valence-corrected chi connectivity index (χ4v) is 3.85. The first-order valence-corrected chi connectivity index (χ1v) is 12.0. The Balaban J connectivity index is 1.49. The molecule has 0 aromatic heterocycles. The highest BCUT2D eigenvalue weighted by atomic mass is 19.2. The maximum Gasteiger partial charge on any atom is 0.167 e. The van der Waals surface area contributed by atoms with Gasteiger partial charge in [0.1, 0.15) is 17.3 Å². The van der Waals surface area contributed by atoms with Crippen LogP contribution in [0.4, 0.5) is 13.2 Å². The Morgan fingerprint density at radius 2 is 1.30 bits per heavy atom. The van der Waals surface area contributed by atoms with Gasteiger partial charge in [-0.3, -0.25) is 0 Å². The van der Waals surface area contributed by atoms with E-state index in [9.17, 15) is 8.78 Å². The van der Waals surface area contributed by atoms with Crippen LogP contribution in [-0.2, 0) is 0 Å². The van der Waals surface area contributed by atoms with Crippen molar-refractivity contribution in [1.29, 1.82) is 0 Å². The third-order valence-corrected chi connectivity index (χ3v) is 5.80. The average Bonchev–Trinajstić information content (AvgIpc) is 2.91. The van der Waals surface area contributed by atoms with E-state index in [2.05, 4.69) is 6.58 Å². The summed E-state index contributed by atoms with van der Waals surface area (Å²) in [6, 6.07) is 21.7. The standard InChI is InChI=1S/C32H27F3O2/c1-3-5-20-37-27-17-14-25(30(33)21-27)11-8-22-6-9-23(10-7-22)28-18-19-29(32(35)31(28)34)24-12-15-26(16-13-24)36-4-2/h3,6-19,21H,1,4-5,20H2,2H3/b11-8+. The van der Waals surface area contributed by atoms with E-state index in [0.29, 0.717) is 47.8 Å². The Bertz CT molecular complexity index is 1390. The molecule has 188 valence electrons. The summed E-state index contributed by atoms with van der Waals surface area (Å²) < 4.78 is 55.2. The zero-order chi connectivity index (χ0) is 26.2. The largest absolute Gasteiger partial charge is 0.494 e. The highest BCUT2D eigenvalue weighted by molar-refractivity contribution is 5.75. The number of rotatable bonds is 10. The van der Waals surface area contributed by atoms with Gasteiger partial charge in [0, 0.05) is 22.8 Å². The van der Waals surface area contributed by atoms with Gasteiger partial charge in [-0.05, 0) is 54.3 Å². The quantitative estimate of drug-likeness (QED) is 0.123. The van der Waals surface area contributed by atoms with Crippen LogP contribution in [0.5, 0.6) is 11.5 Å². The van der Waals surface area contributed by atoms with Crippen LogP contribution in [0.25, 0.3) is 34.4 Å². The molecule has 4 aromatic rings. The van der Waals surface area contributed by atoms with Gasteiger partial charge in [0.15, 0.2) is 11.6 Å². The van der Waals surface area contributed by atoms with E-state index in [1.165, 1.54) is 6.07 Å². The van der Waals surface area contributed by atoms with Crippen LogP contribution in [0.15, 0.2) is 91.5 Å².